The van der Waals surface area contributed by atoms with Crippen molar-refractivity contribution in [1.82, 2.24) is 0 Å². The number of alkyl halides is 1. The molecule has 0 aliphatic heterocycles. The third-order valence-corrected chi connectivity index (χ3v) is 2.83. The Hall–Kier alpha value is -0.600. The van der Waals surface area contributed by atoms with Crippen molar-refractivity contribution >= 4 is 5.97 Å². The molecule has 1 aliphatic rings. The van der Waals surface area contributed by atoms with Crippen molar-refractivity contribution in [2.24, 2.45) is 17.8 Å². The van der Waals surface area contributed by atoms with Gasteiger partial charge in [0.1, 0.15) is 0 Å². The van der Waals surface area contributed by atoms with Crippen LogP contribution >= 0.6 is 0 Å². The summed E-state index contributed by atoms with van der Waals surface area (Å²) in [4.78, 5) is 10.2. The summed E-state index contributed by atoms with van der Waals surface area (Å²) in [6, 6.07) is 0. The molecule has 0 spiro atoms. The van der Waals surface area contributed by atoms with E-state index in [-0.39, 0.29) is 11.8 Å². The molecular formula is C8H13FO2. The highest BCUT2D eigenvalue weighted by molar-refractivity contribution is 5.72. The minimum absolute atomic E-state index is 0.223. The number of carbonyl (C=O) groups is 1. The molecule has 1 fully saturated rings. The van der Waals surface area contributed by atoms with Crippen LogP contribution in [0.5, 0.6) is 0 Å². The highest BCUT2D eigenvalue weighted by Gasteiger charge is 2.42. The highest BCUT2D eigenvalue weighted by Crippen LogP contribution is 2.42. The van der Waals surface area contributed by atoms with Crippen LogP contribution in [0.1, 0.15) is 20.3 Å². The molecule has 0 amide bonds. The minimum Gasteiger partial charge on any atom is -0.479 e. The van der Waals surface area contributed by atoms with Crippen molar-refractivity contribution in [2.45, 2.75) is 26.4 Å². The van der Waals surface area contributed by atoms with Crippen molar-refractivity contribution in [1.29, 1.82) is 0 Å². The fourth-order valence-electron chi connectivity index (χ4n) is 1.65. The molecule has 11 heavy (non-hydrogen) atoms. The van der Waals surface area contributed by atoms with Gasteiger partial charge in [0.05, 0.1) is 0 Å². The molecule has 4 atom stereocenters. The van der Waals surface area contributed by atoms with Crippen molar-refractivity contribution in [2.75, 3.05) is 0 Å². The summed E-state index contributed by atoms with van der Waals surface area (Å²) in [7, 11) is 0. The van der Waals surface area contributed by atoms with Crippen LogP contribution in [0.15, 0.2) is 0 Å². The van der Waals surface area contributed by atoms with Gasteiger partial charge in [0.25, 0.3) is 0 Å². The van der Waals surface area contributed by atoms with Crippen LogP contribution in [0, 0.1) is 17.8 Å². The van der Waals surface area contributed by atoms with Crippen LogP contribution in [0.25, 0.3) is 0 Å². The van der Waals surface area contributed by atoms with Gasteiger partial charge in [-0.25, -0.2) is 9.18 Å². The van der Waals surface area contributed by atoms with Crippen molar-refractivity contribution < 1.29 is 14.3 Å². The third kappa shape index (κ3) is 1.37. The molecule has 3 heteroatoms. The molecule has 0 saturated heterocycles. The van der Waals surface area contributed by atoms with Gasteiger partial charge < -0.3 is 5.11 Å². The van der Waals surface area contributed by atoms with Gasteiger partial charge in [-0.15, -0.1) is 0 Å². The van der Waals surface area contributed by atoms with E-state index in [1.807, 2.05) is 13.8 Å². The topological polar surface area (TPSA) is 37.3 Å². The summed E-state index contributed by atoms with van der Waals surface area (Å²) in [6.07, 6.45) is -0.935. The van der Waals surface area contributed by atoms with E-state index in [9.17, 15) is 9.18 Å². The predicted octanol–water partition coefficient (Wildman–Crippen LogP) is 1.70. The zero-order valence-electron chi connectivity index (χ0n) is 6.75. The molecule has 0 heterocycles. The molecule has 1 saturated carbocycles. The lowest BCUT2D eigenvalue weighted by Crippen LogP contribution is -2.42. The standard InChI is InChI=1S/C8H13FO2/c1-4-3-6(5(4)2)7(9)8(10)11/h4-7H,3H2,1-2H3,(H,10,11). The highest BCUT2D eigenvalue weighted by atomic mass is 19.1. The first-order valence-corrected chi connectivity index (χ1v) is 3.91. The average Bonchev–Trinajstić information content (AvgIpc) is 1.98. The molecule has 1 aliphatic carbocycles. The van der Waals surface area contributed by atoms with Crippen LogP contribution in [0.2, 0.25) is 0 Å². The number of rotatable bonds is 2. The minimum atomic E-state index is -1.65. The summed E-state index contributed by atoms with van der Waals surface area (Å²) >= 11 is 0. The summed E-state index contributed by atoms with van der Waals surface area (Å²) in [5, 5.41) is 8.35. The maximum atomic E-state index is 12.8. The SMILES string of the molecule is CC1CC(C(F)C(=O)O)C1C. The molecule has 0 aromatic rings. The Morgan fingerprint density at radius 2 is 2.18 bits per heavy atom. The first-order valence-electron chi connectivity index (χ1n) is 3.91. The number of hydrogen-bond donors (Lipinski definition) is 1. The van der Waals surface area contributed by atoms with Crippen LogP contribution < -0.4 is 0 Å². The molecular weight excluding hydrogens is 147 g/mol. The van der Waals surface area contributed by atoms with Gasteiger partial charge in [0.2, 0.25) is 0 Å². The number of carboxylic acids is 1. The Balaban J connectivity index is 2.45. The molecule has 64 valence electrons. The largest absolute Gasteiger partial charge is 0.479 e. The Morgan fingerprint density at radius 3 is 2.45 bits per heavy atom. The molecule has 0 aromatic heterocycles. The normalized spacial score (nSPS) is 39.4. The zero-order chi connectivity index (χ0) is 8.59. The number of carboxylic acid groups (broad SMARTS) is 1. The van der Waals surface area contributed by atoms with E-state index in [0.717, 1.165) is 0 Å². The van der Waals surface area contributed by atoms with Gasteiger partial charge in [-0.05, 0) is 18.3 Å². The van der Waals surface area contributed by atoms with Crippen LogP contribution in [0.4, 0.5) is 4.39 Å². The molecule has 0 bridgehead atoms. The molecule has 1 rings (SSSR count). The van der Waals surface area contributed by atoms with Crippen molar-refractivity contribution in [3.05, 3.63) is 0 Å². The van der Waals surface area contributed by atoms with E-state index in [0.29, 0.717) is 12.3 Å². The van der Waals surface area contributed by atoms with Gasteiger partial charge in [-0.2, -0.15) is 0 Å². The maximum Gasteiger partial charge on any atom is 0.338 e. The number of aliphatic carboxylic acids is 1. The molecule has 2 nitrogen and oxygen atoms in total. The quantitative estimate of drug-likeness (QED) is 0.667. The first-order chi connectivity index (χ1) is 5.04. The van der Waals surface area contributed by atoms with E-state index >= 15 is 0 Å². The molecule has 4 unspecified atom stereocenters. The van der Waals surface area contributed by atoms with E-state index in [1.54, 1.807) is 0 Å². The summed E-state index contributed by atoms with van der Waals surface area (Å²) < 4.78 is 12.8. The van der Waals surface area contributed by atoms with Gasteiger partial charge >= 0.3 is 5.97 Å². The maximum absolute atomic E-state index is 12.8. The lowest BCUT2D eigenvalue weighted by atomic mass is 9.65. The second-order valence-corrected chi connectivity index (χ2v) is 3.48. The van der Waals surface area contributed by atoms with E-state index in [4.69, 9.17) is 5.11 Å². The zero-order valence-corrected chi connectivity index (χ0v) is 6.75. The van der Waals surface area contributed by atoms with Gasteiger partial charge in [0, 0.05) is 5.92 Å². The lowest BCUT2D eigenvalue weighted by Gasteiger charge is -2.41. The molecule has 0 radical (unpaired) electrons. The van der Waals surface area contributed by atoms with E-state index < -0.39 is 12.1 Å². The van der Waals surface area contributed by atoms with Crippen molar-refractivity contribution in [3.8, 4) is 0 Å². The van der Waals surface area contributed by atoms with Crippen LogP contribution in [-0.2, 0) is 4.79 Å². The smallest absolute Gasteiger partial charge is 0.338 e. The first kappa shape index (κ1) is 8.50. The number of halogens is 1. The van der Waals surface area contributed by atoms with Crippen LogP contribution in [0.3, 0.4) is 0 Å². The van der Waals surface area contributed by atoms with Gasteiger partial charge in [-0.3, -0.25) is 0 Å². The Morgan fingerprint density at radius 1 is 1.64 bits per heavy atom. The molecule has 0 aromatic carbocycles. The van der Waals surface area contributed by atoms with Crippen LogP contribution in [-0.4, -0.2) is 17.2 Å². The van der Waals surface area contributed by atoms with E-state index in [1.165, 1.54) is 0 Å². The second kappa shape index (κ2) is 2.80. The molecule has 1 N–H and O–H groups in total. The Kier molecular flexibility index (Phi) is 2.16. The second-order valence-electron chi connectivity index (χ2n) is 3.48. The lowest BCUT2D eigenvalue weighted by molar-refractivity contribution is -0.149. The average molecular weight is 160 g/mol. The fourth-order valence-corrected chi connectivity index (χ4v) is 1.65. The van der Waals surface area contributed by atoms with Crippen molar-refractivity contribution in [3.63, 3.8) is 0 Å². The predicted molar refractivity (Wildman–Crippen MR) is 39.0 cm³/mol. The summed E-state index contributed by atoms with van der Waals surface area (Å²) in [5.41, 5.74) is 0. The van der Waals surface area contributed by atoms with Gasteiger partial charge in [0.15, 0.2) is 6.17 Å². The fraction of sp³-hybridized carbons (Fsp3) is 0.875. The number of hydrogen-bond acceptors (Lipinski definition) is 1. The van der Waals surface area contributed by atoms with E-state index in [2.05, 4.69) is 0 Å². The van der Waals surface area contributed by atoms with Gasteiger partial charge in [-0.1, -0.05) is 13.8 Å². The summed E-state index contributed by atoms with van der Waals surface area (Å²) in [5.74, 6) is -0.852. The Labute approximate surface area is 65.4 Å². The Bertz CT molecular complexity index is 169. The monoisotopic (exact) mass is 160 g/mol. The third-order valence-electron chi connectivity index (χ3n) is 2.83. The summed E-state index contributed by atoms with van der Waals surface area (Å²) in [6.45, 7) is 3.93.